The normalized spacial score (nSPS) is 13.6. The average molecular weight is 369 g/mol. The lowest BCUT2D eigenvalue weighted by Crippen LogP contribution is -2.23. The standard InChI is InChI=1S/C19H19N3O3S/c1-12-4-2-3-5-15(12)24-11-17-21-18(22-25-17)16-9-8-14(26-16)10-20-19(23)13-6-7-13/h2-5,8-9,13H,6-7,10-11H2,1H3,(H,20,23). The number of hydrogen-bond donors (Lipinski definition) is 1. The molecular formula is C19H19N3O3S. The molecule has 0 radical (unpaired) electrons. The maximum atomic E-state index is 11.7. The van der Waals surface area contributed by atoms with Gasteiger partial charge in [-0.3, -0.25) is 4.79 Å². The number of benzene rings is 1. The number of para-hydroxylation sites is 1. The Kier molecular flexibility index (Phi) is 4.71. The van der Waals surface area contributed by atoms with Crippen molar-refractivity contribution in [1.29, 1.82) is 0 Å². The van der Waals surface area contributed by atoms with Crippen molar-refractivity contribution in [3.63, 3.8) is 0 Å². The van der Waals surface area contributed by atoms with Crippen LogP contribution >= 0.6 is 11.3 Å². The number of carbonyl (C=O) groups is 1. The molecule has 2 aromatic heterocycles. The molecule has 1 amide bonds. The summed E-state index contributed by atoms with van der Waals surface area (Å²) in [6.07, 6.45) is 2.02. The molecule has 0 atom stereocenters. The predicted molar refractivity (Wildman–Crippen MR) is 97.7 cm³/mol. The zero-order chi connectivity index (χ0) is 17.9. The number of ether oxygens (including phenoxy) is 1. The van der Waals surface area contributed by atoms with Crippen LogP contribution in [0, 0.1) is 12.8 Å². The Morgan fingerprint density at radius 1 is 1.31 bits per heavy atom. The first-order valence-electron chi connectivity index (χ1n) is 8.57. The van der Waals surface area contributed by atoms with Crippen LogP contribution in [-0.2, 0) is 17.9 Å². The van der Waals surface area contributed by atoms with Gasteiger partial charge in [0.05, 0.1) is 11.4 Å². The highest BCUT2D eigenvalue weighted by atomic mass is 32.1. The molecule has 0 aliphatic heterocycles. The van der Waals surface area contributed by atoms with Gasteiger partial charge in [-0.2, -0.15) is 4.98 Å². The van der Waals surface area contributed by atoms with Gasteiger partial charge in [0, 0.05) is 10.8 Å². The summed E-state index contributed by atoms with van der Waals surface area (Å²) in [7, 11) is 0. The maximum Gasteiger partial charge on any atom is 0.264 e. The van der Waals surface area contributed by atoms with E-state index < -0.39 is 0 Å². The first-order valence-corrected chi connectivity index (χ1v) is 9.38. The van der Waals surface area contributed by atoms with E-state index in [9.17, 15) is 4.79 Å². The van der Waals surface area contributed by atoms with Crippen molar-refractivity contribution >= 4 is 17.2 Å². The molecule has 1 N–H and O–H groups in total. The van der Waals surface area contributed by atoms with Crippen LogP contribution in [0.25, 0.3) is 10.7 Å². The van der Waals surface area contributed by atoms with Gasteiger partial charge in [-0.1, -0.05) is 23.4 Å². The molecule has 0 bridgehead atoms. The molecular weight excluding hydrogens is 350 g/mol. The summed E-state index contributed by atoms with van der Waals surface area (Å²) in [6, 6.07) is 11.7. The van der Waals surface area contributed by atoms with Gasteiger partial charge < -0.3 is 14.6 Å². The summed E-state index contributed by atoms with van der Waals surface area (Å²) in [4.78, 5) is 18.1. The summed E-state index contributed by atoms with van der Waals surface area (Å²) in [5, 5.41) is 6.99. The number of nitrogens with one attached hydrogen (secondary N) is 1. The highest BCUT2D eigenvalue weighted by Crippen LogP contribution is 2.30. The number of carbonyl (C=O) groups excluding carboxylic acids is 1. The molecule has 1 fully saturated rings. The van der Waals surface area contributed by atoms with Crippen LogP contribution in [0.5, 0.6) is 5.75 Å². The second kappa shape index (κ2) is 7.29. The molecule has 134 valence electrons. The smallest absolute Gasteiger partial charge is 0.264 e. The summed E-state index contributed by atoms with van der Waals surface area (Å²) >= 11 is 1.55. The van der Waals surface area contributed by atoms with E-state index in [1.54, 1.807) is 11.3 Å². The third-order valence-electron chi connectivity index (χ3n) is 4.18. The van der Waals surface area contributed by atoms with Crippen molar-refractivity contribution in [3.05, 3.63) is 52.7 Å². The van der Waals surface area contributed by atoms with E-state index in [-0.39, 0.29) is 18.4 Å². The minimum Gasteiger partial charge on any atom is -0.483 e. The fourth-order valence-electron chi connectivity index (χ4n) is 2.53. The van der Waals surface area contributed by atoms with Crippen molar-refractivity contribution < 1.29 is 14.1 Å². The molecule has 4 rings (SSSR count). The lowest BCUT2D eigenvalue weighted by Gasteiger charge is -2.05. The van der Waals surface area contributed by atoms with Gasteiger partial charge in [0.2, 0.25) is 11.7 Å². The molecule has 1 aliphatic carbocycles. The van der Waals surface area contributed by atoms with E-state index in [4.69, 9.17) is 9.26 Å². The first-order chi connectivity index (χ1) is 12.7. The van der Waals surface area contributed by atoms with Crippen molar-refractivity contribution in [2.75, 3.05) is 0 Å². The van der Waals surface area contributed by atoms with E-state index >= 15 is 0 Å². The Bertz CT molecular complexity index is 914. The third-order valence-corrected chi connectivity index (χ3v) is 5.26. The number of hydrogen-bond acceptors (Lipinski definition) is 6. The quantitative estimate of drug-likeness (QED) is 0.687. The van der Waals surface area contributed by atoms with Crippen LogP contribution in [0.1, 0.15) is 29.2 Å². The number of rotatable bonds is 7. The largest absolute Gasteiger partial charge is 0.483 e. The van der Waals surface area contributed by atoms with Crippen LogP contribution in [0.4, 0.5) is 0 Å². The number of thiophene rings is 1. The molecule has 26 heavy (non-hydrogen) atoms. The van der Waals surface area contributed by atoms with Crippen molar-refractivity contribution in [3.8, 4) is 16.5 Å². The molecule has 7 heteroatoms. The van der Waals surface area contributed by atoms with E-state index in [1.807, 2.05) is 43.3 Å². The highest BCUT2D eigenvalue weighted by molar-refractivity contribution is 7.15. The molecule has 0 unspecified atom stereocenters. The zero-order valence-corrected chi connectivity index (χ0v) is 15.2. The van der Waals surface area contributed by atoms with Crippen LogP contribution in [0.2, 0.25) is 0 Å². The van der Waals surface area contributed by atoms with Gasteiger partial charge >= 0.3 is 0 Å². The zero-order valence-electron chi connectivity index (χ0n) is 14.4. The molecule has 2 heterocycles. The van der Waals surface area contributed by atoms with Gasteiger partial charge in [-0.25, -0.2) is 0 Å². The number of amides is 1. The fraction of sp³-hybridized carbons (Fsp3) is 0.316. The van der Waals surface area contributed by atoms with Gasteiger partial charge in [0.15, 0.2) is 6.61 Å². The molecule has 3 aromatic rings. The molecule has 6 nitrogen and oxygen atoms in total. The average Bonchev–Trinajstić information content (AvgIpc) is 3.21. The Balaban J connectivity index is 1.35. The highest BCUT2D eigenvalue weighted by Gasteiger charge is 2.29. The SMILES string of the molecule is Cc1ccccc1OCc1nc(-c2ccc(CNC(=O)C3CC3)s2)no1. The second-order valence-electron chi connectivity index (χ2n) is 6.32. The summed E-state index contributed by atoms with van der Waals surface area (Å²) < 4.78 is 11.0. The summed E-state index contributed by atoms with van der Waals surface area (Å²) in [6.45, 7) is 2.76. The lowest BCUT2D eigenvalue weighted by atomic mass is 10.2. The van der Waals surface area contributed by atoms with Crippen LogP contribution < -0.4 is 10.1 Å². The Hall–Kier alpha value is -2.67. The monoisotopic (exact) mass is 369 g/mol. The first kappa shape index (κ1) is 16.8. The van der Waals surface area contributed by atoms with Crippen LogP contribution in [0.3, 0.4) is 0 Å². The van der Waals surface area contributed by atoms with Crippen LogP contribution in [-0.4, -0.2) is 16.0 Å². The van der Waals surface area contributed by atoms with E-state index in [1.165, 1.54) is 0 Å². The van der Waals surface area contributed by atoms with Crippen molar-refractivity contribution in [1.82, 2.24) is 15.5 Å². The van der Waals surface area contributed by atoms with Gasteiger partial charge in [0.1, 0.15) is 5.75 Å². The van der Waals surface area contributed by atoms with Crippen molar-refractivity contribution in [2.24, 2.45) is 5.92 Å². The minimum absolute atomic E-state index is 0.148. The predicted octanol–water partition coefficient (Wildman–Crippen LogP) is 3.71. The molecule has 1 saturated carbocycles. The molecule has 1 aromatic carbocycles. The molecule has 0 saturated heterocycles. The van der Waals surface area contributed by atoms with Gasteiger partial charge in [-0.15, -0.1) is 11.3 Å². The van der Waals surface area contributed by atoms with Crippen molar-refractivity contribution in [2.45, 2.75) is 32.9 Å². The fourth-order valence-corrected chi connectivity index (χ4v) is 3.40. The third kappa shape index (κ3) is 3.94. The van der Waals surface area contributed by atoms with Crippen LogP contribution in [0.15, 0.2) is 40.9 Å². The number of nitrogens with zero attached hydrogens (tertiary/aromatic N) is 2. The van der Waals surface area contributed by atoms with Gasteiger partial charge in [0.25, 0.3) is 5.89 Å². The summed E-state index contributed by atoms with van der Waals surface area (Å²) in [5.74, 6) is 2.15. The number of aryl methyl sites for hydroxylation is 1. The van der Waals surface area contributed by atoms with Gasteiger partial charge in [-0.05, 0) is 43.5 Å². The Morgan fingerprint density at radius 3 is 2.96 bits per heavy atom. The minimum atomic E-state index is 0.148. The Morgan fingerprint density at radius 2 is 2.15 bits per heavy atom. The molecule has 0 spiro atoms. The maximum absolute atomic E-state index is 11.7. The topological polar surface area (TPSA) is 77.2 Å². The Labute approximate surface area is 155 Å². The second-order valence-corrected chi connectivity index (χ2v) is 7.49. The lowest BCUT2D eigenvalue weighted by molar-refractivity contribution is -0.122. The van der Waals surface area contributed by atoms with E-state index in [0.717, 1.165) is 33.9 Å². The molecule has 1 aliphatic rings. The number of aromatic nitrogens is 2. The van der Waals surface area contributed by atoms with E-state index in [0.29, 0.717) is 18.3 Å². The summed E-state index contributed by atoms with van der Waals surface area (Å²) in [5.41, 5.74) is 1.06. The van der Waals surface area contributed by atoms with E-state index in [2.05, 4.69) is 15.5 Å².